The summed E-state index contributed by atoms with van der Waals surface area (Å²) in [7, 11) is 1.73. The molecule has 2 N–H and O–H groups in total. The minimum Gasteiger partial charge on any atom is -0.366 e. The molecule has 0 aliphatic rings. The molecule has 5 rings (SSSR count). The van der Waals surface area contributed by atoms with Crippen molar-refractivity contribution in [2.24, 2.45) is 5.73 Å². The number of rotatable bonds is 5. The molecule has 176 valence electrons. The minimum atomic E-state index is -0.521. The summed E-state index contributed by atoms with van der Waals surface area (Å²) in [6.45, 7) is 5.86. The molecule has 2 heterocycles. The molecule has 0 spiro atoms. The van der Waals surface area contributed by atoms with E-state index in [-0.39, 0.29) is 5.91 Å². The van der Waals surface area contributed by atoms with Crippen LogP contribution in [0.1, 0.15) is 34.3 Å². The van der Waals surface area contributed by atoms with Crippen LogP contribution in [0.15, 0.2) is 65.2 Å². The number of aryl methyl sites for hydroxylation is 2. The minimum absolute atomic E-state index is 0.0757. The molecule has 5 aromatic rings. The summed E-state index contributed by atoms with van der Waals surface area (Å²) in [6, 6.07) is 19.9. The lowest BCUT2D eigenvalue weighted by molar-refractivity contribution is -0.116. The number of fused-ring (bicyclic) bond motifs is 3. The normalized spacial score (nSPS) is 11.3. The van der Waals surface area contributed by atoms with Crippen molar-refractivity contribution in [3.8, 4) is 11.1 Å². The zero-order valence-corrected chi connectivity index (χ0v) is 20.1. The molecule has 0 unspecified atom stereocenters. The highest BCUT2D eigenvalue weighted by molar-refractivity contribution is 6.19. The van der Waals surface area contributed by atoms with Crippen molar-refractivity contribution in [2.75, 3.05) is 11.9 Å². The van der Waals surface area contributed by atoms with Gasteiger partial charge in [-0.15, -0.1) is 0 Å². The van der Waals surface area contributed by atoms with Gasteiger partial charge in [0.05, 0.1) is 11.2 Å². The number of hydrogen-bond donors (Lipinski definition) is 1. The predicted molar refractivity (Wildman–Crippen MR) is 138 cm³/mol. The molecule has 0 atom stereocenters. The largest absolute Gasteiger partial charge is 0.366 e. The van der Waals surface area contributed by atoms with Crippen LogP contribution in [0.5, 0.6) is 0 Å². The Morgan fingerprint density at radius 3 is 2.40 bits per heavy atom. The van der Waals surface area contributed by atoms with E-state index in [1.165, 1.54) is 6.92 Å². The van der Waals surface area contributed by atoms with Crippen LogP contribution in [0.25, 0.3) is 32.9 Å². The summed E-state index contributed by atoms with van der Waals surface area (Å²) in [4.78, 5) is 26.4. The fraction of sp³-hybridized carbons (Fsp3) is 0.179. The standard InChI is InChI=1S/C28H26N4O3/c1-16-26(17(2)35-30-16)20-12-23(28(29)34)27-22-14-21(31(4)18(3)33)10-11-24(22)32(25(27)13-20)15-19-8-6-5-7-9-19/h5-14H,15H2,1-4H3,(H2,29,34). The van der Waals surface area contributed by atoms with E-state index in [4.69, 9.17) is 10.3 Å². The Hall–Kier alpha value is -4.39. The maximum absolute atomic E-state index is 12.8. The van der Waals surface area contributed by atoms with Crippen LogP contribution in [0, 0.1) is 13.8 Å². The lowest BCUT2D eigenvalue weighted by atomic mass is 9.97. The first kappa shape index (κ1) is 22.4. The van der Waals surface area contributed by atoms with E-state index < -0.39 is 5.91 Å². The van der Waals surface area contributed by atoms with E-state index in [2.05, 4.69) is 27.9 Å². The van der Waals surface area contributed by atoms with Gasteiger partial charge in [0, 0.05) is 53.6 Å². The van der Waals surface area contributed by atoms with Gasteiger partial charge >= 0.3 is 0 Å². The van der Waals surface area contributed by atoms with Gasteiger partial charge < -0.3 is 19.7 Å². The molecule has 0 saturated heterocycles. The average Bonchev–Trinajstić information content (AvgIpc) is 3.34. The fourth-order valence-electron chi connectivity index (χ4n) is 4.77. The van der Waals surface area contributed by atoms with Gasteiger partial charge in [-0.1, -0.05) is 35.5 Å². The number of aromatic nitrogens is 2. The van der Waals surface area contributed by atoms with E-state index in [0.717, 1.165) is 49.9 Å². The van der Waals surface area contributed by atoms with Gasteiger partial charge in [-0.05, 0) is 55.3 Å². The highest BCUT2D eigenvalue weighted by atomic mass is 16.5. The molecule has 7 nitrogen and oxygen atoms in total. The average molecular weight is 467 g/mol. The number of benzene rings is 3. The number of carbonyl (C=O) groups excluding carboxylic acids is 2. The van der Waals surface area contributed by atoms with Gasteiger partial charge in [-0.2, -0.15) is 0 Å². The first-order valence-corrected chi connectivity index (χ1v) is 11.4. The van der Waals surface area contributed by atoms with Crippen molar-refractivity contribution in [1.29, 1.82) is 0 Å². The van der Waals surface area contributed by atoms with Gasteiger partial charge in [-0.3, -0.25) is 9.59 Å². The predicted octanol–water partition coefficient (Wildman–Crippen LogP) is 5.20. The van der Waals surface area contributed by atoms with Gasteiger partial charge in [-0.25, -0.2) is 0 Å². The number of carbonyl (C=O) groups is 2. The fourth-order valence-corrected chi connectivity index (χ4v) is 4.77. The molecule has 0 fully saturated rings. The lowest BCUT2D eigenvalue weighted by Gasteiger charge is -2.15. The van der Waals surface area contributed by atoms with E-state index >= 15 is 0 Å². The van der Waals surface area contributed by atoms with Gasteiger partial charge in [0.1, 0.15) is 5.76 Å². The summed E-state index contributed by atoms with van der Waals surface area (Å²) in [5.74, 6) is 0.0780. The lowest BCUT2D eigenvalue weighted by Crippen LogP contribution is -2.22. The highest BCUT2D eigenvalue weighted by Crippen LogP contribution is 2.38. The molecule has 0 bridgehead atoms. The maximum atomic E-state index is 12.8. The highest BCUT2D eigenvalue weighted by Gasteiger charge is 2.22. The second-order valence-corrected chi connectivity index (χ2v) is 8.83. The Kier molecular flexibility index (Phi) is 5.40. The SMILES string of the molecule is CC(=O)N(C)c1ccc2c(c1)c1c(C(N)=O)cc(-c3c(C)noc3C)cc1n2Cc1ccccc1. The summed E-state index contributed by atoms with van der Waals surface area (Å²) < 4.78 is 7.59. The molecular formula is C28H26N4O3. The first-order valence-electron chi connectivity index (χ1n) is 11.4. The van der Waals surface area contributed by atoms with Crippen LogP contribution in [0.4, 0.5) is 5.69 Å². The monoisotopic (exact) mass is 466 g/mol. The van der Waals surface area contributed by atoms with Crippen LogP contribution >= 0.6 is 0 Å². The van der Waals surface area contributed by atoms with E-state index in [1.807, 2.05) is 56.3 Å². The third kappa shape index (κ3) is 3.75. The third-order valence-electron chi connectivity index (χ3n) is 6.58. The smallest absolute Gasteiger partial charge is 0.249 e. The molecular weight excluding hydrogens is 440 g/mol. The summed E-state index contributed by atoms with van der Waals surface area (Å²) in [5.41, 5.74) is 12.4. The van der Waals surface area contributed by atoms with Crippen molar-refractivity contribution in [2.45, 2.75) is 27.3 Å². The Bertz CT molecular complexity index is 1590. The molecule has 0 aliphatic carbocycles. The quantitative estimate of drug-likeness (QED) is 0.385. The number of nitrogens with two attached hydrogens (primary N) is 1. The Morgan fingerprint density at radius 1 is 1.03 bits per heavy atom. The van der Waals surface area contributed by atoms with Crippen LogP contribution < -0.4 is 10.6 Å². The molecule has 2 amide bonds. The van der Waals surface area contributed by atoms with Gasteiger partial charge in [0.2, 0.25) is 11.8 Å². The van der Waals surface area contributed by atoms with Crippen molar-refractivity contribution in [1.82, 2.24) is 9.72 Å². The summed E-state index contributed by atoms with van der Waals surface area (Å²) in [5, 5.41) is 5.72. The van der Waals surface area contributed by atoms with E-state index in [0.29, 0.717) is 17.9 Å². The van der Waals surface area contributed by atoms with Crippen LogP contribution in [0.3, 0.4) is 0 Å². The van der Waals surface area contributed by atoms with E-state index in [9.17, 15) is 9.59 Å². The summed E-state index contributed by atoms with van der Waals surface area (Å²) >= 11 is 0. The van der Waals surface area contributed by atoms with Crippen molar-refractivity contribution >= 4 is 39.3 Å². The zero-order valence-electron chi connectivity index (χ0n) is 20.1. The number of amides is 2. The number of primary amides is 1. The number of hydrogen-bond acceptors (Lipinski definition) is 4. The van der Waals surface area contributed by atoms with Crippen molar-refractivity contribution in [3.63, 3.8) is 0 Å². The molecule has 2 aromatic heterocycles. The second kappa shape index (κ2) is 8.43. The Balaban J connectivity index is 1.89. The van der Waals surface area contributed by atoms with E-state index in [1.54, 1.807) is 11.9 Å². The topological polar surface area (TPSA) is 94.4 Å². The molecule has 7 heteroatoms. The van der Waals surface area contributed by atoms with Crippen LogP contribution in [-0.2, 0) is 11.3 Å². The first-order chi connectivity index (χ1) is 16.8. The molecule has 0 radical (unpaired) electrons. The second-order valence-electron chi connectivity index (χ2n) is 8.83. The number of nitrogens with zero attached hydrogens (tertiary/aromatic N) is 3. The van der Waals surface area contributed by atoms with Gasteiger partial charge in [0.25, 0.3) is 0 Å². The van der Waals surface area contributed by atoms with Crippen LogP contribution in [0.2, 0.25) is 0 Å². The third-order valence-corrected chi connectivity index (χ3v) is 6.58. The summed E-state index contributed by atoms with van der Waals surface area (Å²) in [6.07, 6.45) is 0. The Labute approximate surface area is 202 Å². The van der Waals surface area contributed by atoms with Gasteiger partial charge in [0.15, 0.2) is 0 Å². The van der Waals surface area contributed by atoms with Crippen LogP contribution in [-0.4, -0.2) is 28.6 Å². The van der Waals surface area contributed by atoms with Crippen molar-refractivity contribution < 1.29 is 14.1 Å². The van der Waals surface area contributed by atoms with Crippen molar-refractivity contribution in [3.05, 3.63) is 83.2 Å². The number of anilines is 1. The Morgan fingerprint density at radius 2 is 1.77 bits per heavy atom. The molecule has 3 aromatic carbocycles. The molecule has 0 aliphatic heterocycles. The zero-order chi connectivity index (χ0) is 24.9. The molecule has 35 heavy (non-hydrogen) atoms. The molecule has 0 saturated carbocycles. The maximum Gasteiger partial charge on any atom is 0.249 e.